The minimum Gasteiger partial charge on any atom is -0.481 e. The molecule has 0 saturated carbocycles. The summed E-state index contributed by atoms with van der Waals surface area (Å²) in [4.78, 5) is 39.0. The minimum absolute atomic E-state index is 0.257. The van der Waals surface area contributed by atoms with Crippen LogP contribution in [0.25, 0.3) is 0 Å². The van der Waals surface area contributed by atoms with Crippen LogP contribution in [0.15, 0.2) is 24.5 Å². The summed E-state index contributed by atoms with van der Waals surface area (Å²) in [5.74, 6) is 7.47. The summed E-state index contributed by atoms with van der Waals surface area (Å²) >= 11 is 0. The van der Waals surface area contributed by atoms with E-state index in [9.17, 15) is 9.59 Å². The molecule has 3 N–H and O–H groups in total. The molecule has 0 spiro atoms. The molecular formula is C28H41N7O5. The van der Waals surface area contributed by atoms with Crippen molar-refractivity contribution in [2.75, 3.05) is 51.6 Å². The Hall–Kier alpha value is -4.11. The lowest BCUT2D eigenvalue weighted by Crippen LogP contribution is -2.47. The quantitative estimate of drug-likeness (QED) is 0.248. The highest BCUT2D eigenvalue weighted by molar-refractivity contribution is 5.85. The molecule has 0 aliphatic heterocycles. The number of carbonyl (C=O) groups excluding carboxylic acids is 2. The van der Waals surface area contributed by atoms with Gasteiger partial charge in [-0.05, 0) is 46.6 Å². The molecule has 0 unspecified atom stereocenters. The van der Waals surface area contributed by atoms with E-state index in [0.29, 0.717) is 55.7 Å². The van der Waals surface area contributed by atoms with Crippen LogP contribution in [0.2, 0.25) is 0 Å². The van der Waals surface area contributed by atoms with Crippen molar-refractivity contribution in [3.05, 3.63) is 30.1 Å². The normalized spacial score (nSPS) is 11.5. The van der Waals surface area contributed by atoms with Crippen LogP contribution < -0.4 is 20.7 Å². The van der Waals surface area contributed by atoms with Crippen LogP contribution in [-0.4, -0.2) is 84.5 Å². The zero-order valence-corrected chi connectivity index (χ0v) is 24.5. The SMILES string of the molecule is COCCCNc1nc(Nc2ccnc(OC)c2)ncc1C#CCCCNC(=O)[C@H](C)N(C)C(=O)OC(C)(C)C. The lowest BCUT2D eigenvalue weighted by atomic mass is 10.2. The average molecular weight is 556 g/mol. The third-order valence-corrected chi connectivity index (χ3v) is 5.45. The van der Waals surface area contributed by atoms with E-state index in [1.807, 2.05) is 0 Å². The van der Waals surface area contributed by atoms with E-state index in [1.54, 1.807) is 73.5 Å². The monoisotopic (exact) mass is 555 g/mol. The Morgan fingerprint density at radius 3 is 2.62 bits per heavy atom. The van der Waals surface area contributed by atoms with Gasteiger partial charge < -0.3 is 30.2 Å². The van der Waals surface area contributed by atoms with E-state index >= 15 is 0 Å². The van der Waals surface area contributed by atoms with Crippen molar-refractivity contribution in [1.29, 1.82) is 0 Å². The molecule has 0 radical (unpaired) electrons. The molecule has 2 aromatic heterocycles. The summed E-state index contributed by atoms with van der Waals surface area (Å²) < 4.78 is 15.6. The van der Waals surface area contributed by atoms with Crippen LogP contribution in [0.3, 0.4) is 0 Å². The van der Waals surface area contributed by atoms with Crippen molar-refractivity contribution in [2.45, 2.75) is 58.6 Å². The van der Waals surface area contributed by atoms with E-state index in [2.05, 4.69) is 42.7 Å². The number of hydrogen-bond donors (Lipinski definition) is 3. The molecule has 0 aliphatic rings. The van der Waals surface area contributed by atoms with Gasteiger partial charge in [0, 0.05) is 58.2 Å². The summed E-state index contributed by atoms with van der Waals surface area (Å²) in [6.45, 7) is 8.71. The molecule has 0 saturated heterocycles. The lowest BCUT2D eigenvalue weighted by molar-refractivity contribution is -0.125. The number of unbranched alkanes of at least 4 members (excludes halogenated alkanes) is 1. The average Bonchev–Trinajstić information content (AvgIpc) is 2.92. The molecular weight excluding hydrogens is 514 g/mol. The highest BCUT2D eigenvalue weighted by atomic mass is 16.6. The van der Waals surface area contributed by atoms with Gasteiger partial charge in [-0.2, -0.15) is 4.98 Å². The maximum Gasteiger partial charge on any atom is 0.410 e. The first-order chi connectivity index (χ1) is 19.0. The van der Waals surface area contributed by atoms with Crippen molar-refractivity contribution in [3.8, 4) is 17.7 Å². The van der Waals surface area contributed by atoms with E-state index in [-0.39, 0.29) is 5.91 Å². The maximum absolute atomic E-state index is 12.5. The van der Waals surface area contributed by atoms with E-state index in [1.165, 1.54) is 4.90 Å². The molecule has 0 bridgehead atoms. The first-order valence-corrected chi connectivity index (χ1v) is 13.1. The molecule has 2 aromatic rings. The molecule has 2 amide bonds. The van der Waals surface area contributed by atoms with Gasteiger partial charge in [-0.1, -0.05) is 11.8 Å². The number of pyridine rings is 1. The second kappa shape index (κ2) is 16.1. The zero-order chi connectivity index (χ0) is 29.5. The number of nitrogens with zero attached hydrogens (tertiary/aromatic N) is 4. The number of rotatable bonds is 13. The summed E-state index contributed by atoms with van der Waals surface area (Å²) in [5, 5.41) is 9.29. The highest BCUT2D eigenvalue weighted by Crippen LogP contribution is 2.19. The highest BCUT2D eigenvalue weighted by Gasteiger charge is 2.26. The summed E-state index contributed by atoms with van der Waals surface area (Å²) in [6.07, 6.45) is 4.75. The number of methoxy groups -OCH3 is 2. The number of nitrogens with one attached hydrogen (secondary N) is 3. The van der Waals surface area contributed by atoms with Crippen LogP contribution in [0.1, 0.15) is 52.5 Å². The summed E-state index contributed by atoms with van der Waals surface area (Å²) in [7, 11) is 4.76. The number of hydrogen-bond acceptors (Lipinski definition) is 10. The molecule has 0 fully saturated rings. The molecule has 0 aromatic carbocycles. The Morgan fingerprint density at radius 2 is 1.93 bits per heavy atom. The zero-order valence-electron chi connectivity index (χ0n) is 24.5. The Kier molecular flexibility index (Phi) is 12.9. The largest absolute Gasteiger partial charge is 0.481 e. The predicted octanol–water partition coefficient (Wildman–Crippen LogP) is 3.58. The molecule has 12 nitrogen and oxygen atoms in total. The third-order valence-electron chi connectivity index (χ3n) is 5.45. The van der Waals surface area contributed by atoms with E-state index in [4.69, 9.17) is 14.2 Å². The fourth-order valence-corrected chi connectivity index (χ4v) is 3.18. The van der Waals surface area contributed by atoms with Crippen molar-refractivity contribution in [2.24, 2.45) is 0 Å². The van der Waals surface area contributed by atoms with Gasteiger partial charge in [0.05, 0.1) is 18.9 Å². The van der Waals surface area contributed by atoms with Gasteiger partial charge in [-0.3, -0.25) is 9.69 Å². The van der Waals surface area contributed by atoms with Gasteiger partial charge in [-0.15, -0.1) is 0 Å². The van der Waals surface area contributed by atoms with Crippen molar-refractivity contribution in [3.63, 3.8) is 0 Å². The number of likely N-dealkylation sites (N-methyl/N-ethyl adjacent to an activating group) is 1. The minimum atomic E-state index is -0.662. The maximum atomic E-state index is 12.5. The number of aromatic nitrogens is 3. The van der Waals surface area contributed by atoms with Gasteiger partial charge in [-0.25, -0.2) is 14.8 Å². The standard InChI is InChI=1S/C28H41N7O5/c1-20(35(5)27(37)40-28(2,3)4)25(36)31-14-10-8-9-12-21-19-32-26(34-24(21)30-15-11-17-38-6)33-22-13-16-29-23(18-22)39-7/h13,16,18-20H,8,10-11,14-15,17H2,1-7H3,(H,31,36)(H2,29,30,32,33,34)/t20-/m0/s1. The number of carbonyl (C=O) groups is 2. The van der Waals surface area contributed by atoms with Gasteiger partial charge in [0.15, 0.2) is 0 Å². The van der Waals surface area contributed by atoms with Gasteiger partial charge >= 0.3 is 6.09 Å². The fraction of sp³-hybridized carbons (Fsp3) is 0.536. The smallest absolute Gasteiger partial charge is 0.410 e. The van der Waals surface area contributed by atoms with Crippen LogP contribution in [0.4, 0.5) is 22.2 Å². The first kappa shape index (κ1) is 32.1. The molecule has 2 heterocycles. The topological polar surface area (TPSA) is 140 Å². The molecule has 0 aliphatic carbocycles. The Labute approximate surface area is 236 Å². The number of anilines is 3. The van der Waals surface area contributed by atoms with Crippen LogP contribution in [-0.2, 0) is 14.3 Å². The second-order valence-electron chi connectivity index (χ2n) is 9.90. The van der Waals surface area contributed by atoms with Gasteiger partial charge in [0.2, 0.25) is 17.7 Å². The van der Waals surface area contributed by atoms with Crippen LogP contribution >= 0.6 is 0 Å². The Bertz CT molecular complexity index is 1170. The van der Waals surface area contributed by atoms with Crippen molar-refractivity contribution < 1.29 is 23.8 Å². The predicted molar refractivity (Wildman–Crippen MR) is 154 cm³/mol. The Balaban J connectivity index is 1.94. The Morgan fingerprint density at radius 1 is 1.15 bits per heavy atom. The molecule has 40 heavy (non-hydrogen) atoms. The summed E-state index contributed by atoms with van der Waals surface area (Å²) in [5.41, 5.74) is 0.770. The van der Waals surface area contributed by atoms with Gasteiger partial charge in [0.1, 0.15) is 17.5 Å². The van der Waals surface area contributed by atoms with Gasteiger partial charge in [0.25, 0.3) is 0 Å². The van der Waals surface area contributed by atoms with Crippen LogP contribution in [0.5, 0.6) is 5.88 Å². The molecule has 1 atom stereocenters. The lowest BCUT2D eigenvalue weighted by Gasteiger charge is -2.28. The van der Waals surface area contributed by atoms with Crippen LogP contribution in [0, 0.1) is 11.8 Å². The molecule has 12 heteroatoms. The molecule has 218 valence electrons. The van der Waals surface area contributed by atoms with E-state index in [0.717, 1.165) is 12.1 Å². The van der Waals surface area contributed by atoms with Crippen molar-refractivity contribution in [1.82, 2.24) is 25.2 Å². The number of amides is 2. The first-order valence-electron chi connectivity index (χ1n) is 13.1. The number of ether oxygens (including phenoxy) is 3. The van der Waals surface area contributed by atoms with E-state index < -0.39 is 17.7 Å². The molecule has 2 rings (SSSR count). The second-order valence-corrected chi connectivity index (χ2v) is 9.90. The van der Waals surface area contributed by atoms with Crippen molar-refractivity contribution >= 4 is 29.5 Å². The third kappa shape index (κ3) is 11.3. The summed E-state index contributed by atoms with van der Waals surface area (Å²) in [6, 6.07) is 2.88. The fourth-order valence-electron chi connectivity index (χ4n) is 3.18.